The Labute approximate surface area is 117 Å². The highest BCUT2D eigenvalue weighted by Gasteiger charge is 2.43. The summed E-state index contributed by atoms with van der Waals surface area (Å²) >= 11 is 0. The summed E-state index contributed by atoms with van der Waals surface area (Å²) in [6.07, 6.45) is 1.88. The molecule has 4 nitrogen and oxygen atoms in total. The van der Waals surface area contributed by atoms with Crippen molar-refractivity contribution in [2.75, 3.05) is 6.61 Å². The fraction of sp³-hybridized carbons (Fsp3) is 0.467. The Morgan fingerprint density at radius 2 is 2.30 bits per heavy atom. The van der Waals surface area contributed by atoms with Crippen molar-refractivity contribution >= 4 is 5.91 Å². The Balaban J connectivity index is 1.92. The number of nitriles is 1. The molecule has 106 valence electrons. The van der Waals surface area contributed by atoms with Gasteiger partial charge in [-0.3, -0.25) is 4.79 Å². The van der Waals surface area contributed by atoms with Gasteiger partial charge in [0.05, 0.1) is 6.07 Å². The minimum atomic E-state index is -0.856. The fourth-order valence-corrected chi connectivity index (χ4v) is 2.08. The van der Waals surface area contributed by atoms with Crippen LogP contribution in [0, 0.1) is 30.0 Å². The molecule has 1 saturated carbocycles. The number of hydrogen-bond donors (Lipinski definition) is 1. The average Bonchev–Trinajstić information content (AvgIpc) is 3.25. The van der Waals surface area contributed by atoms with Crippen molar-refractivity contribution in [3.63, 3.8) is 0 Å². The summed E-state index contributed by atoms with van der Waals surface area (Å²) < 4.78 is 18.9. The predicted octanol–water partition coefficient (Wildman–Crippen LogP) is 2.32. The molecule has 0 saturated heterocycles. The van der Waals surface area contributed by atoms with E-state index in [-0.39, 0.29) is 18.3 Å². The molecule has 1 aromatic rings. The van der Waals surface area contributed by atoms with Crippen LogP contribution in [0.1, 0.15) is 25.3 Å². The lowest BCUT2D eigenvalue weighted by atomic mass is 9.98. The van der Waals surface area contributed by atoms with Gasteiger partial charge in [-0.1, -0.05) is 12.1 Å². The minimum absolute atomic E-state index is 0.0465. The Morgan fingerprint density at radius 3 is 2.90 bits per heavy atom. The number of aryl methyl sites for hydroxylation is 1. The Bertz CT molecular complexity index is 563. The number of carbonyl (C=O) groups excluding carboxylic acids is 1. The molecule has 1 aliphatic rings. The van der Waals surface area contributed by atoms with Crippen molar-refractivity contribution in [2.45, 2.75) is 32.2 Å². The normalized spacial score (nSPS) is 16.9. The smallest absolute Gasteiger partial charge is 0.259 e. The van der Waals surface area contributed by atoms with Gasteiger partial charge in [0.15, 0.2) is 18.2 Å². The highest BCUT2D eigenvalue weighted by Crippen LogP contribution is 2.39. The quantitative estimate of drug-likeness (QED) is 0.897. The zero-order chi connectivity index (χ0) is 14.8. The lowest BCUT2D eigenvalue weighted by Gasteiger charge is -2.22. The second-order valence-electron chi connectivity index (χ2n) is 5.31. The van der Waals surface area contributed by atoms with E-state index in [2.05, 4.69) is 11.4 Å². The van der Waals surface area contributed by atoms with E-state index in [4.69, 9.17) is 10.00 Å². The van der Waals surface area contributed by atoms with Crippen molar-refractivity contribution < 1.29 is 13.9 Å². The van der Waals surface area contributed by atoms with Gasteiger partial charge in [-0.25, -0.2) is 4.39 Å². The maximum Gasteiger partial charge on any atom is 0.259 e. The SMILES string of the molecule is Cc1cccc(OCC(=O)NC(C)(C#N)C2CC2)c1F. The monoisotopic (exact) mass is 276 g/mol. The van der Waals surface area contributed by atoms with Gasteiger partial charge in [-0.2, -0.15) is 5.26 Å². The number of amides is 1. The third-order valence-electron chi connectivity index (χ3n) is 3.54. The van der Waals surface area contributed by atoms with Crippen LogP contribution >= 0.6 is 0 Å². The zero-order valence-electron chi connectivity index (χ0n) is 11.6. The maximum absolute atomic E-state index is 13.7. The summed E-state index contributed by atoms with van der Waals surface area (Å²) in [7, 11) is 0. The molecule has 0 heterocycles. The lowest BCUT2D eigenvalue weighted by molar-refractivity contribution is -0.124. The van der Waals surface area contributed by atoms with Crippen LogP contribution in [0.4, 0.5) is 4.39 Å². The molecule has 1 fully saturated rings. The molecular formula is C15H17FN2O2. The minimum Gasteiger partial charge on any atom is -0.481 e. The van der Waals surface area contributed by atoms with E-state index in [0.717, 1.165) is 12.8 Å². The maximum atomic E-state index is 13.7. The summed E-state index contributed by atoms with van der Waals surface area (Å²) in [6.45, 7) is 3.03. The number of halogens is 1. The molecule has 20 heavy (non-hydrogen) atoms. The summed E-state index contributed by atoms with van der Waals surface area (Å²) in [4.78, 5) is 11.8. The first-order chi connectivity index (χ1) is 9.46. The number of benzene rings is 1. The zero-order valence-corrected chi connectivity index (χ0v) is 11.6. The fourth-order valence-electron chi connectivity index (χ4n) is 2.08. The molecule has 5 heteroatoms. The molecule has 0 bridgehead atoms. The van der Waals surface area contributed by atoms with Gasteiger partial charge < -0.3 is 10.1 Å². The van der Waals surface area contributed by atoms with E-state index in [0.29, 0.717) is 5.56 Å². The van der Waals surface area contributed by atoms with Crippen molar-refractivity contribution in [3.8, 4) is 11.8 Å². The van der Waals surface area contributed by atoms with Crippen LogP contribution in [0.15, 0.2) is 18.2 Å². The van der Waals surface area contributed by atoms with Crippen LogP contribution in [0.5, 0.6) is 5.75 Å². The molecule has 0 aromatic heterocycles. The van der Waals surface area contributed by atoms with E-state index in [1.165, 1.54) is 6.07 Å². The average molecular weight is 276 g/mol. The summed E-state index contributed by atoms with van der Waals surface area (Å²) in [6, 6.07) is 6.89. The first-order valence-electron chi connectivity index (χ1n) is 6.56. The number of ether oxygens (including phenoxy) is 1. The van der Waals surface area contributed by atoms with Crippen LogP contribution in [0.3, 0.4) is 0 Å². The molecule has 0 radical (unpaired) electrons. The van der Waals surface area contributed by atoms with E-state index >= 15 is 0 Å². The first-order valence-corrected chi connectivity index (χ1v) is 6.56. The van der Waals surface area contributed by atoms with Gasteiger partial charge in [0.25, 0.3) is 5.91 Å². The van der Waals surface area contributed by atoms with Crippen LogP contribution in [0.25, 0.3) is 0 Å². The number of carbonyl (C=O) groups is 1. The number of hydrogen-bond acceptors (Lipinski definition) is 3. The highest BCUT2D eigenvalue weighted by molar-refractivity contribution is 5.79. The van der Waals surface area contributed by atoms with E-state index in [1.807, 2.05) is 0 Å². The Kier molecular flexibility index (Phi) is 3.93. The second-order valence-corrected chi connectivity index (χ2v) is 5.31. The standard InChI is InChI=1S/C15H17FN2O2/c1-10-4-3-5-12(14(10)16)20-8-13(19)18-15(2,9-17)11-6-7-11/h3-5,11H,6-8H2,1-2H3,(H,18,19). The van der Waals surface area contributed by atoms with Crippen molar-refractivity contribution in [1.82, 2.24) is 5.32 Å². The van der Waals surface area contributed by atoms with Crippen molar-refractivity contribution in [2.24, 2.45) is 5.92 Å². The summed E-state index contributed by atoms with van der Waals surface area (Å²) in [5.74, 6) is -0.634. The molecule has 0 spiro atoms. The van der Waals surface area contributed by atoms with Gasteiger partial charge in [-0.15, -0.1) is 0 Å². The molecule has 1 unspecified atom stereocenters. The number of nitrogens with one attached hydrogen (secondary N) is 1. The predicted molar refractivity (Wildman–Crippen MR) is 71.5 cm³/mol. The summed E-state index contributed by atoms with van der Waals surface area (Å²) in [5, 5.41) is 11.8. The lowest BCUT2D eigenvalue weighted by Crippen LogP contribution is -2.48. The second kappa shape index (κ2) is 5.49. The van der Waals surface area contributed by atoms with Crippen molar-refractivity contribution in [3.05, 3.63) is 29.6 Å². The molecule has 0 aliphatic heterocycles. The van der Waals surface area contributed by atoms with Crippen LogP contribution in [-0.2, 0) is 4.79 Å². The molecule has 1 atom stereocenters. The van der Waals surface area contributed by atoms with Gasteiger partial charge in [0.2, 0.25) is 0 Å². The van der Waals surface area contributed by atoms with Crippen LogP contribution < -0.4 is 10.1 Å². The Morgan fingerprint density at radius 1 is 1.60 bits per heavy atom. The summed E-state index contributed by atoms with van der Waals surface area (Å²) in [5.41, 5.74) is -0.395. The Hall–Kier alpha value is -2.09. The topological polar surface area (TPSA) is 62.1 Å². The van der Waals surface area contributed by atoms with Gasteiger partial charge in [0.1, 0.15) is 5.54 Å². The molecule has 1 aliphatic carbocycles. The van der Waals surface area contributed by atoms with Gasteiger partial charge >= 0.3 is 0 Å². The number of rotatable bonds is 5. The van der Waals surface area contributed by atoms with Crippen molar-refractivity contribution in [1.29, 1.82) is 5.26 Å². The molecule has 2 rings (SSSR count). The molecule has 1 aromatic carbocycles. The molecule has 1 amide bonds. The van der Waals surface area contributed by atoms with Gasteiger partial charge in [-0.05, 0) is 44.2 Å². The van der Waals surface area contributed by atoms with Crippen LogP contribution in [0.2, 0.25) is 0 Å². The molecule has 1 N–H and O–H groups in total. The van der Waals surface area contributed by atoms with E-state index < -0.39 is 17.3 Å². The molecular weight excluding hydrogens is 259 g/mol. The van der Waals surface area contributed by atoms with E-state index in [9.17, 15) is 9.18 Å². The highest BCUT2D eigenvalue weighted by atomic mass is 19.1. The van der Waals surface area contributed by atoms with Crippen LogP contribution in [-0.4, -0.2) is 18.1 Å². The first kappa shape index (κ1) is 14.3. The number of nitrogens with zero attached hydrogens (tertiary/aromatic N) is 1. The largest absolute Gasteiger partial charge is 0.481 e. The third-order valence-corrected chi connectivity index (χ3v) is 3.54. The van der Waals surface area contributed by atoms with Gasteiger partial charge in [0, 0.05) is 0 Å². The third kappa shape index (κ3) is 3.08. The van der Waals surface area contributed by atoms with E-state index in [1.54, 1.807) is 26.0 Å².